The van der Waals surface area contributed by atoms with Crippen LogP contribution in [-0.2, 0) is 19.9 Å². The first-order valence-corrected chi connectivity index (χ1v) is 10.1. The summed E-state index contributed by atoms with van der Waals surface area (Å²) in [5, 5.41) is 0. The molecule has 0 spiro atoms. The van der Waals surface area contributed by atoms with Gasteiger partial charge in [-0.15, -0.1) is 0 Å². The average molecular weight is 438 g/mol. The molecule has 0 bridgehead atoms. The minimum Gasteiger partial charge on any atom is -0.481 e. The van der Waals surface area contributed by atoms with E-state index in [-0.39, 0.29) is 24.4 Å². The Morgan fingerprint density at radius 1 is 0.875 bits per heavy atom. The van der Waals surface area contributed by atoms with Crippen LogP contribution < -0.4 is 14.2 Å². The number of esters is 1. The molecule has 0 saturated heterocycles. The first-order chi connectivity index (χ1) is 15.6. The van der Waals surface area contributed by atoms with E-state index >= 15 is 0 Å². The van der Waals surface area contributed by atoms with Crippen molar-refractivity contribution in [2.75, 3.05) is 27.9 Å². The molecule has 2 aromatic carbocycles. The van der Waals surface area contributed by atoms with E-state index in [4.69, 9.17) is 23.7 Å². The summed E-state index contributed by atoms with van der Waals surface area (Å²) in [7, 11) is 4.44. The number of aromatic nitrogens is 2. The number of nitrogens with zero attached hydrogens (tertiary/aromatic N) is 2. The highest BCUT2D eigenvalue weighted by atomic mass is 16.6. The zero-order chi connectivity index (χ0) is 23.0. The zero-order valence-corrected chi connectivity index (χ0v) is 18.5. The van der Waals surface area contributed by atoms with Gasteiger partial charge in [0.15, 0.2) is 5.60 Å². The molecular weight excluding hydrogens is 412 g/mol. The van der Waals surface area contributed by atoms with Gasteiger partial charge in [0.05, 0.1) is 26.9 Å². The predicted octanol–water partition coefficient (Wildman–Crippen LogP) is 3.39. The fraction of sp³-hybridized carbons (Fsp3) is 0.292. The summed E-state index contributed by atoms with van der Waals surface area (Å²) < 4.78 is 28.0. The quantitative estimate of drug-likeness (QED) is 0.445. The Balaban J connectivity index is 2.21. The third-order valence-electron chi connectivity index (χ3n) is 4.90. The van der Waals surface area contributed by atoms with Crippen molar-refractivity contribution >= 4 is 5.97 Å². The van der Waals surface area contributed by atoms with Gasteiger partial charge in [0.1, 0.15) is 0 Å². The molecule has 0 N–H and O–H groups in total. The second-order valence-corrected chi connectivity index (χ2v) is 6.66. The molecule has 1 unspecified atom stereocenters. The molecule has 0 fully saturated rings. The number of hydrogen-bond acceptors (Lipinski definition) is 8. The van der Waals surface area contributed by atoms with E-state index in [1.807, 2.05) is 60.7 Å². The molecule has 3 rings (SSSR count). The van der Waals surface area contributed by atoms with E-state index in [0.717, 1.165) is 0 Å². The van der Waals surface area contributed by atoms with Crippen molar-refractivity contribution in [3.05, 3.63) is 77.9 Å². The van der Waals surface area contributed by atoms with Gasteiger partial charge < -0.3 is 23.7 Å². The molecule has 3 aromatic rings. The van der Waals surface area contributed by atoms with Gasteiger partial charge in [0.25, 0.3) is 0 Å². The summed E-state index contributed by atoms with van der Waals surface area (Å²) in [6.45, 7) is 1.88. The summed E-state index contributed by atoms with van der Waals surface area (Å²) in [5.41, 5.74) is 0.0391. The smallest absolute Gasteiger partial charge is 0.351 e. The van der Waals surface area contributed by atoms with Gasteiger partial charge in [0, 0.05) is 7.11 Å². The normalized spacial score (nSPS) is 12.0. The maximum absolute atomic E-state index is 13.3. The second-order valence-electron chi connectivity index (χ2n) is 6.66. The van der Waals surface area contributed by atoms with Crippen molar-refractivity contribution in [1.82, 2.24) is 9.97 Å². The predicted molar refractivity (Wildman–Crippen MR) is 117 cm³/mol. The molecule has 1 heterocycles. The molecular formula is C24H26N2O6. The molecule has 0 radical (unpaired) electrons. The summed E-state index contributed by atoms with van der Waals surface area (Å²) in [6, 6.07) is 20.0. The first kappa shape index (κ1) is 23.0. The van der Waals surface area contributed by atoms with E-state index in [1.165, 1.54) is 27.4 Å². The highest BCUT2D eigenvalue weighted by Gasteiger charge is 2.50. The van der Waals surface area contributed by atoms with Crippen LogP contribution in [0.3, 0.4) is 0 Å². The van der Waals surface area contributed by atoms with Crippen LogP contribution in [0.4, 0.5) is 0 Å². The summed E-state index contributed by atoms with van der Waals surface area (Å²) in [6.07, 6.45) is -1.28. The fourth-order valence-electron chi connectivity index (χ4n) is 3.45. The number of methoxy groups -OCH3 is 3. The number of rotatable bonds is 10. The number of ether oxygens (including phenoxy) is 5. The van der Waals surface area contributed by atoms with E-state index in [1.54, 1.807) is 6.92 Å². The SMILES string of the molecule is CCOC(=O)C(Oc1nc(OC)cc(OC)n1)C(OC)(c1ccccc1)c1ccccc1. The lowest BCUT2D eigenvalue weighted by Gasteiger charge is -2.38. The van der Waals surface area contributed by atoms with Crippen LogP contribution in [0.25, 0.3) is 0 Å². The topological polar surface area (TPSA) is 89.0 Å². The zero-order valence-electron chi connectivity index (χ0n) is 18.5. The van der Waals surface area contributed by atoms with Crippen molar-refractivity contribution in [3.8, 4) is 17.8 Å². The Labute approximate surface area is 187 Å². The van der Waals surface area contributed by atoms with E-state index in [2.05, 4.69) is 9.97 Å². The monoisotopic (exact) mass is 438 g/mol. The van der Waals surface area contributed by atoms with Crippen LogP contribution in [0.1, 0.15) is 18.1 Å². The van der Waals surface area contributed by atoms with Crippen LogP contribution in [0.2, 0.25) is 0 Å². The molecule has 0 aliphatic rings. The molecule has 8 heteroatoms. The van der Waals surface area contributed by atoms with Crippen molar-refractivity contribution in [2.24, 2.45) is 0 Å². The molecule has 168 valence electrons. The Kier molecular flexibility index (Phi) is 7.62. The van der Waals surface area contributed by atoms with Crippen LogP contribution >= 0.6 is 0 Å². The number of carbonyl (C=O) groups is 1. The van der Waals surface area contributed by atoms with Crippen LogP contribution in [0.5, 0.6) is 17.8 Å². The van der Waals surface area contributed by atoms with Gasteiger partial charge in [-0.25, -0.2) is 4.79 Å². The van der Waals surface area contributed by atoms with E-state index in [9.17, 15) is 4.79 Å². The van der Waals surface area contributed by atoms with Gasteiger partial charge >= 0.3 is 12.0 Å². The fourth-order valence-corrected chi connectivity index (χ4v) is 3.45. The molecule has 0 amide bonds. The van der Waals surface area contributed by atoms with Crippen molar-refractivity contribution in [3.63, 3.8) is 0 Å². The van der Waals surface area contributed by atoms with Crippen molar-refractivity contribution in [2.45, 2.75) is 18.6 Å². The van der Waals surface area contributed by atoms with Crippen LogP contribution in [-0.4, -0.2) is 50.0 Å². The largest absolute Gasteiger partial charge is 0.481 e. The van der Waals surface area contributed by atoms with Crippen molar-refractivity contribution < 1.29 is 28.5 Å². The summed E-state index contributed by atoms with van der Waals surface area (Å²) in [4.78, 5) is 21.7. The number of benzene rings is 2. The minimum absolute atomic E-state index is 0.118. The maximum atomic E-state index is 13.3. The molecule has 1 atom stereocenters. The summed E-state index contributed by atoms with van der Waals surface area (Å²) in [5.74, 6) is -0.193. The van der Waals surface area contributed by atoms with Crippen molar-refractivity contribution in [1.29, 1.82) is 0 Å². The lowest BCUT2D eigenvalue weighted by molar-refractivity contribution is -0.166. The highest BCUT2D eigenvalue weighted by Crippen LogP contribution is 2.39. The Hall–Kier alpha value is -3.65. The average Bonchev–Trinajstić information content (AvgIpc) is 2.85. The maximum Gasteiger partial charge on any atom is 0.351 e. The van der Waals surface area contributed by atoms with Gasteiger partial charge in [-0.1, -0.05) is 60.7 Å². The lowest BCUT2D eigenvalue weighted by atomic mass is 9.81. The molecule has 8 nitrogen and oxygen atoms in total. The van der Waals surface area contributed by atoms with E-state index < -0.39 is 17.7 Å². The van der Waals surface area contributed by atoms with Gasteiger partial charge in [0.2, 0.25) is 17.9 Å². The highest BCUT2D eigenvalue weighted by molar-refractivity contribution is 5.78. The van der Waals surface area contributed by atoms with Crippen LogP contribution in [0, 0.1) is 0 Å². The molecule has 0 aliphatic heterocycles. The Morgan fingerprint density at radius 3 is 1.78 bits per heavy atom. The first-order valence-electron chi connectivity index (χ1n) is 10.1. The molecule has 32 heavy (non-hydrogen) atoms. The standard InChI is InChI=1S/C24H26N2O6/c1-5-31-22(27)21(32-23-25-19(28-2)16-20(26-23)29-3)24(30-4,17-12-8-6-9-13-17)18-14-10-7-11-15-18/h6-16,21H,5H2,1-4H3. The molecule has 0 aliphatic carbocycles. The minimum atomic E-state index is -1.35. The third-order valence-corrected chi connectivity index (χ3v) is 4.90. The van der Waals surface area contributed by atoms with Gasteiger partial charge in [-0.2, -0.15) is 9.97 Å². The second kappa shape index (κ2) is 10.6. The lowest BCUT2D eigenvalue weighted by Crippen LogP contribution is -2.51. The van der Waals surface area contributed by atoms with Gasteiger partial charge in [-0.3, -0.25) is 0 Å². The number of carbonyl (C=O) groups excluding carboxylic acids is 1. The van der Waals surface area contributed by atoms with Gasteiger partial charge in [-0.05, 0) is 18.1 Å². The van der Waals surface area contributed by atoms with Crippen LogP contribution in [0.15, 0.2) is 66.7 Å². The molecule has 1 aromatic heterocycles. The molecule has 0 saturated carbocycles. The Morgan fingerprint density at radius 2 is 1.38 bits per heavy atom. The Bertz CT molecular complexity index is 952. The number of hydrogen-bond donors (Lipinski definition) is 0. The van der Waals surface area contributed by atoms with E-state index in [0.29, 0.717) is 11.1 Å². The third kappa shape index (κ3) is 4.65. The summed E-state index contributed by atoms with van der Waals surface area (Å²) >= 11 is 0.